The summed E-state index contributed by atoms with van der Waals surface area (Å²) in [6, 6.07) is 3.71. The molecule has 2 heterocycles. The summed E-state index contributed by atoms with van der Waals surface area (Å²) in [5, 5.41) is 8.31. The van der Waals surface area contributed by atoms with Crippen molar-refractivity contribution in [2.45, 2.75) is 19.5 Å². The summed E-state index contributed by atoms with van der Waals surface area (Å²) < 4.78 is 3.69. The first-order valence-electron chi connectivity index (χ1n) is 4.99. The third-order valence-electron chi connectivity index (χ3n) is 2.55. The lowest BCUT2D eigenvalue weighted by molar-refractivity contribution is 0.579. The number of hydrogen-bond acceptors (Lipinski definition) is 3. The Morgan fingerprint density at radius 3 is 2.53 bits per heavy atom. The van der Waals surface area contributed by atoms with Crippen LogP contribution in [0.4, 0.5) is 0 Å². The monoisotopic (exact) mass is 205 g/mol. The van der Waals surface area contributed by atoms with Crippen LogP contribution in [0.25, 0.3) is 0 Å². The van der Waals surface area contributed by atoms with Gasteiger partial charge in [-0.05, 0) is 19.1 Å². The molecule has 0 aliphatic rings. The maximum atomic E-state index is 6.16. The zero-order valence-corrected chi connectivity index (χ0v) is 8.96. The summed E-state index contributed by atoms with van der Waals surface area (Å²) in [5.41, 5.74) is 8.17. The van der Waals surface area contributed by atoms with Gasteiger partial charge in [-0.1, -0.05) is 0 Å². The second-order valence-electron chi connectivity index (χ2n) is 3.43. The molecule has 0 bridgehead atoms. The molecule has 2 aromatic heterocycles. The van der Waals surface area contributed by atoms with Crippen molar-refractivity contribution in [1.82, 2.24) is 19.6 Å². The van der Waals surface area contributed by atoms with Crippen molar-refractivity contribution in [3.05, 3.63) is 35.9 Å². The summed E-state index contributed by atoms with van der Waals surface area (Å²) in [6.07, 6.45) is 3.52. The molecule has 2 aromatic rings. The fourth-order valence-corrected chi connectivity index (χ4v) is 1.71. The van der Waals surface area contributed by atoms with Crippen molar-refractivity contribution < 1.29 is 0 Å². The zero-order chi connectivity index (χ0) is 10.8. The maximum absolute atomic E-state index is 6.16. The first kappa shape index (κ1) is 9.92. The Balaban J connectivity index is 2.36. The highest BCUT2D eigenvalue weighted by Crippen LogP contribution is 2.17. The SMILES string of the molecule is CCn1nccc1C(N)c1ccnn1C. The summed E-state index contributed by atoms with van der Waals surface area (Å²) in [7, 11) is 1.89. The van der Waals surface area contributed by atoms with E-state index in [4.69, 9.17) is 5.73 Å². The van der Waals surface area contributed by atoms with Crippen LogP contribution < -0.4 is 5.73 Å². The molecule has 0 radical (unpaired) electrons. The minimum absolute atomic E-state index is 0.167. The van der Waals surface area contributed by atoms with Crippen LogP contribution in [0.3, 0.4) is 0 Å². The molecule has 0 spiro atoms. The molecule has 0 aliphatic heterocycles. The normalized spacial score (nSPS) is 13.0. The van der Waals surface area contributed by atoms with E-state index in [1.54, 1.807) is 17.1 Å². The third-order valence-corrected chi connectivity index (χ3v) is 2.55. The molecule has 5 nitrogen and oxygen atoms in total. The minimum Gasteiger partial charge on any atom is -0.318 e. The van der Waals surface area contributed by atoms with Gasteiger partial charge in [0.25, 0.3) is 0 Å². The van der Waals surface area contributed by atoms with Gasteiger partial charge in [0.1, 0.15) is 0 Å². The molecular weight excluding hydrogens is 190 g/mol. The molecule has 2 N–H and O–H groups in total. The van der Waals surface area contributed by atoms with Crippen LogP contribution in [0.15, 0.2) is 24.5 Å². The Labute approximate surface area is 88.5 Å². The Morgan fingerprint density at radius 2 is 1.93 bits per heavy atom. The van der Waals surface area contributed by atoms with Crippen LogP contribution in [0.5, 0.6) is 0 Å². The van der Waals surface area contributed by atoms with Gasteiger partial charge in [0.15, 0.2) is 0 Å². The van der Waals surface area contributed by atoms with Gasteiger partial charge in [0, 0.05) is 26.0 Å². The molecule has 0 saturated heterocycles. The summed E-state index contributed by atoms with van der Waals surface area (Å²) >= 11 is 0. The lowest BCUT2D eigenvalue weighted by atomic mass is 10.1. The summed E-state index contributed by atoms with van der Waals surface area (Å²) in [5.74, 6) is 0. The molecule has 1 atom stereocenters. The van der Waals surface area contributed by atoms with Gasteiger partial charge in [0.05, 0.1) is 17.4 Å². The number of nitrogens with two attached hydrogens (primary N) is 1. The first-order valence-corrected chi connectivity index (χ1v) is 4.99. The van der Waals surface area contributed by atoms with Crippen LogP contribution in [-0.4, -0.2) is 19.6 Å². The van der Waals surface area contributed by atoms with E-state index in [0.29, 0.717) is 0 Å². The molecule has 0 aliphatic carbocycles. The Morgan fingerprint density at radius 1 is 1.27 bits per heavy atom. The van der Waals surface area contributed by atoms with E-state index in [2.05, 4.69) is 10.2 Å². The van der Waals surface area contributed by atoms with Crippen LogP contribution in [0.2, 0.25) is 0 Å². The van der Waals surface area contributed by atoms with Crippen LogP contribution >= 0.6 is 0 Å². The number of aromatic nitrogens is 4. The predicted molar refractivity (Wildman–Crippen MR) is 57.1 cm³/mol. The van der Waals surface area contributed by atoms with E-state index in [-0.39, 0.29) is 6.04 Å². The number of rotatable bonds is 3. The smallest absolute Gasteiger partial charge is 0.0893 e. The van der Waals surface area contributed by atoms with E-state index >= 15 is 0 Å². The second kappa shape index (κ2) is 3.86. The van der Waals surface area contributed by atoms with Crippen molar-refractivity contribution in [3.63, 3.8) is 0 Å². The standard InChI is InChI=1S/C10H15N5/c1-3-15-9(5-7-13-15)10(11)8-4-6-12-14(8)2/h4-7,10H,3,11H2,1-2H3. The van der Waals surface area contributed by atoms with Gasteiger partial charge in [-0.25, -0.2) is 0 Å². The van der Waals surface area contributed by atoms with E-state index in [9.17, 15) is 0 Å². The quantitative estimate of drug-likeness (QED) is 0.801. The van der Waals surface area contributed by atoms with Crippen molar-refractivity contribution in [3.8, 4) is 0 Å². The van der Waals surface area contributed by atoms with Gasteiger partial charge in [0.2, 0.25) is 0 Å². The average molecular weight is 205 g/mol. The molecular formula is C10H15N5. The number of nitrogens with zero attached hydrogens (tertiary/aromatic N) is 4. The maximum Gasteiger partial charge on any atom is 0.0893 e. The average Bonchev–Trinajstić information content (AvgIpc) is 2.84. The molecule has 0 fully saturated rings. The van der Waals surface area contributed by atoms with E-state index in [1.807, 2.05) is 30.8 Å². The molecule has 1 unspecified atom stereocenters. The molecule has 0 amide bonds. The van der Waals surface area contributed by atoms with Crippen LogP contribution in [-0.2, 0) is 13.6 Å². The van der Waals surface area contributed by atoms with Gasteiger partial charge in [-0.15, -0.1) is 0 Å². The summed E-state index contributed by atoms with van der Waals surface area (Å²) in [4.78, 5) is 0. The van der Waals surface area contributed by atoms with E-state index in [0.717, 1.165) is 17.9 Å². The van der Waals surface area contributed by atoms with Gasteiger partial charge in [-0.3, -0.25) is 9.36 Å². The van der Waals surface area contributed by atoms with Gasteiger partial charge >= 0.3 is 0 Å². The second-order valence-corrected chi connectivity index (χ2v) is 3.43. The number of hydrogen-bond donors (Lipinski definition) is 1. The van der Waals surface area contributed by atoms with E-state index < -0.39 is 0 Å². The van der Waals surface area contributed by atoms with Crippen molar-refractivity contribution >= 4 is 0 Å². The molecule has 0 aromatic carbocycles. The topological polar surface area (TPSA) is 61.7 Å². The first-order chi connectivity index (χ1) is 7.24. The molecule has 80 valence electrons. The lowest BCUT2D eigenvalue weighted by Crippen LogP contribution is -2.19. The number of aryl methyl sites for hydroxylation is 2. The fraction of sp³-hybridized carbons (Fsp3) is 0.400. The highest BCUT2D eigenvalue weighted by molar-refractivity contribution is 5.20. The zero-order valence-electron chi connectivity index (χ0n) is 8.96. The highest BCUT2D eigenvalue weighted by Gasteiger charge is 2.15. The van der Waals surface area contributed by atoms with Gasteiger partial charge < -0.3 is 5.73 Å². The largest absolute Gasteiger partial charge is 0.318 e. The Bertz CT molecular complexity index is 442. The molecule has 5 heteroatoms. The summed E-state index contributed by atoms with van der Waals surface area (Å²) in [6.45, 7) is 2.88. The highest BCUT2D eigenvalue weighted by atomic mass is 15.3. The van der Waals surface area contributed by atoms with Crippen LogP contribution in [0.1, 0.15) is 24.4 Å². The third kappa shape index (κ3) is 1.66. The van der Waals surface area contributed by atoms with Crippen LogP contribution in [0, 0.1) is 0 Å². The molecule has 0 saturated carbocycles. The van der Waals surface area contributed by atoms with Crippen molar-refractivity contribution in [1.29, 1.82) is 0 Å². The van der Waals surface area contributed by atoms with Gasteiger partial charge in [-0.2, -0.15) is 10.2 Å². The Hall–Kier alpha value is -1.62. The lowest BCUT2D eigenvalue weighted by Gasteiger charge is -2.13. The molecule has 15 heavy (non-hydrogen) atoms. The van der Waals surface area contributed by atoms with Crippen molar-refractivity contribution in [2.75, 3.05) is 0 Å². The Kier molecular flexibility index (Phi) is 2.55. The fourth-order valence-electron chi connectivity index (χ4n) is 1.71. The van der Waals surface area contributed by atoms with E-state index in [1.165, 1.54) is 0 Å². The predicted octanol–water partition coefficient (Wildman–Crippen LogP) is 0.685. The minimum atomic E-state index is -0.167. The molecule has 2 rings (SSSR count). The van der Waals surface area contributed by atoms with Crippen molar-refractivity contribution in [2.24, 2.45) is 12.8 Å².